The number of carbonyl (C=O) groups excluding carboxylic acids is 1. The fourth-order valence-electron chi connectivity index (χ4n) is 3.20. The molecule has 1 aromatic heterocycles. The van der Waals surface area contributed by atoms with Crippen LogP contribution in [0, 0.1) is 0 Å². The minimum absolute atomic E-state index is 0. The van der Waals surface area contributed by atoms with Crippen molar-refractivity contribution in [1.82, 2.24) is 4.98 Å². The van der Waals surface area contributed by atoms with Crippen molar-refractivity contribution in [3.05, 3.63) is 46.5 Å². The van der Waals surface area contributed by atoms with Gasteiger partial charge in [0, 0.05) is 10.9 Å². The monoisotopic (exact) mass is 349 g/mol. The number of nitrogens with two attached hydrogens (primary N) is 1. The van der Waals surface area contributed by atoms with E-state index in [9.17, 15) is 4.79 Å². The first-order valence-electron chi connectivity index (χ1n) is 7.78. The number of nitrogens with zero attached hydrogens (tertiary/aromatic N) is 1. The number of benzene rings is 1. The van der Waals surface area contributed by atoms with Crippen LogP contribution in [0.15, 0.2) is 30.3 Å². The van der Waals surface area contributed by atoms with E-state index in [4.69, 9.17) is 5.73 Å². The maximum Gasteiger partial charge on any atom is 0.236 e. The summed E-state index contributed by atoms with van der Waals surface area (Å²) in [4.78, 5) is 18.5. The van der Waals surface area contributed by atoms with Crippen LogP contribution < -0.4 is 11.1 Å². The zero-order valence-corrected chi connectivity index (χ0v) is 14.4. The first-order valence-corrected chi connectivity index (χ1v) is 8.60. The molecule has 0 spiro atoms. The van der Waals surface area contributed by atoms with Crippen molar-refractivity contribution in [2.75, 3.05) is 5.32 Å². The third kappa shape index (κ3) is 3.01. The molecule has 0 saturated heterocycles. The van der Waals surface area contributed by atoms with Crippen LogP contribution in [-0.2, 0) is 23.1 Å². The zero-order chi connectivity index (χ0) is 15.2. The summed E-state index contributed by atoms with van der Waals surface area (Å²) >= 11 is 1.58. The Bertz CT molecular complexity index is 712. The summed E-state index contributed by atoms with van der Waals surface area (Å²) in [5.74, 6) is 0.0779. The van der Waals surface area contributed by atoms with Crippen LogP contribution in [0.1, 0.15) is 35.4 Å². The van der Waals surface area contributed by atoms with Gasteiger partial charge >= 0.3 is 0 Å². The minimum atomic E-state index is -0.343. The second-order valence-electron chi connectivity index (χ2n) is 6.29. The predicted octanol–water partition coefficient (Wildman–Crippen LogP) is 3.05. The second kappa shape index (κ2) is 6.23. The van der Waals surface area contributed by atoms with E-state index in [1.54, 1.807) is 11.3 Å². The van der Waals surface area contributed by atoms with E-state index in [1.165, 1.54) is 4.88 Å². The van der Waals surface area contributed by atoms with Crippen molar-refractivity contribution in [2.24, 2.45) is 5.73 Å². The van der Waals surface area contributed by atoms with Gasteiger partial charge in [0.25, 0.3) is 0 Å². The molecule has 1 saturated carbocycles. The van der Waals surface area contributed by atoms with Crippen LogP contribution >= 0.6 is 23.7 Å². The quantitative estimate of drug-likeness (QED) is 0.894. The van der Waals surface area contributed by atoms with Gasteiger partial charge in [-0.05, 0) is 37.7 Å². The van der Waals surface area contributed by atoms with Crippen LogP contribution in [0.3, 0.4) is 0 Å². The van der Waals surface area contributed by atoms with Gasteiger partial charge in [-0.1, -0.05) is 30.3 Å². The summed E-state index contributed by atoms with van der Waals surface area (Å²) in [7, 11) is 0. The van der Waals surface area contributed by atoms with Gasteiger partial charge in [-0.2, -0.15) is 0 Å². The molecule has 4 rings (SSSR count). The van der Waals surface area contributed by atoms with E-state index in [0.29, 0.717) is 0 Å². The molecule has 3 N–H and O–H groups in total. The molecule has 0 bridgehead atoms. The molecule has 4 nitrogen and oxygen atoms in total. The van der Waals surface area contributed by atoms with Crippen LogP contribution in [0.2, 0.25) is 0 Å². The average molecular weight is 350 g/mol. The van der Waals surface area contributed by atoms with E-state index >= 15 is 0 Å². The number of thiazole rings is 1. The molecule has 2 aliphatic carbocycles. The van der Waals surface area contributed by atoms with E-state index in [0.717, 1.165) is 48.5 Å². The summed E-state index contributed by atoms with van der Waals surface area (Å²) in [5.41, 5.74) is 7.89. The highest BCUT2D eigenvalue weighted by atomic mass is 35.5. The smallest absolute Gasteiger partial charge is 0.236 e. The van der Waals surface area contributed by atoms with Crippen LogP contribution in [0.4, 0.5) is 5.13 Å². The Morgan fingerprint density at radius 3 is 2.74 bits per heavy atom. The molecular formula is C17H20ClN3OS. The Morgan fingerprint density at radius 1 is 1.30 bits per heavy atom. The van der Waals surface area contributed by atoms with Crippen molar-refractivity contribution >= 4 is 34.8 Å². The Labute approximate surface area is 145 Å². The lowest BCUT2D eigenvalue weighted by Gasteiger charge is -2.15. The normalized spacial score (nSPS) is 21.0. The summed E-state index contributed by atoms with van der Waals surface area (Å²) in [6, 6.07) is 10.3. The molecule has 6 heteroatoms. The highest BCUT2D eigenvalue weighted by molar-refractivity contribution is 7.15. The fourth-order valence-corrected chi connectivity index (χ4v) is 4.30. The van der Waals surface area contributed by atoms with Crippen LogP contribution in [0.25, 0.3) is 0 Å². The number of rotatable bonds is 3. The van der Waals surface area contributed by atoms with Crippen molar-refractivity contribution in [1.29, 1.82) is 0 Å². The first kappa shape index (κ1) is 16.4. The van der Waals surface area contributed by atoms with Gasteiger partial charge in [-0.3, -0.25) is 4.79 Å². The number of nitrogens with one attached hydrogen (secondary N) is 1. The number of hydrogen-bond donors (Lipinski definition) is 2. The summed E-state index contributed by atoms with van der Waals surface area (Å²) in [5, 5.41) is 3.77. The van der Waals surface area contributed by atoms with Crippen molar-refractivity contribution in [2.45, 2.75) is 43.6 Å². The number of anilines is 1. The van der Waals surface area contributed by atoms with Gasteiger partial charge in [-0.15, -0.1) is 23.7 Å². The van der Waals surface area contributed by atoms with E-state index in [1.807, 2.05) is 30.3 Å². The highest BCUT2D eigenvalue weighted by Crippen LogP contribution is 2.49. The maximum atomic E-state index is 12.7. The molecular weight excluding hydrogens is 330 g/mol. The average Bonchev–Trinajstić information content (AvgIpc) is 3.25. The van der Waals surface area contributed by atoms with E-state index in [-0.39, 0.29) is 29.8 Å². The predicted molar refractivity (Wildman–Crippen MR) is 95.3 cm³/mol. The van der Waals surface area contributed by atoms with Crippen molar-refractivity contribution < 1.29 is 4.79 Å². The Hall–Kier alpha value is -1.43. The van der Waals surface area contributed by atoms with Gasteiger partial charge in [-0.25, -0.2) is 4.98 Å². The Morgan fingerprint density at radius 2 is 2.04 bits per heavy atom. The van der Waals surface area contributed by atoms with Gasteiger partial charge < -0.3 is 11.1 Å². The van der Waals surface area contributed by atoms with E-state index < -0.39 is 0 Å². The van der Waals surface area contributed by atoms with Crippen molar-refractivity contribution in [3.8, 4) is 0 Å². The number of aryl methyl sites for hydroxylation is 1. The number of amides is 1. The molecule has 1 atom stereocenters. The van der Waals surface area contributed by atoms with Crippen LogP contribution in [0.5, 0.6) is 0 Å². The molecule has 0 radical (unpaired) electrons. The lowest BCUT2D eigenvalue weighted by atomic mass is 9.95. The van der Waals surface area contributed by atoms with Gasteiger partial charge in [0.15, 0.2) is 5.13 Å². The third-order valence-electron chi connectivity index (χ3n) is 4.71. The minimum Gasteiger partial charge on any atom is -0.327 e. The van der Waals surface area contributed by atoms with E-state index in [2.05, 4.69) is 10.3 Å². The summed E-state index contributed by atoms with van der Waals surface area (Å²) in [6.45, 7) is 0. The molecule has 1 amide bonds. The van der Waals surface area contributed by atoms with Crippen molar-refractivity contribution in [3.63, 3.8) is 0 Å². The van der Waals surface area contributed by atoms with Gasteiger partial charge in [0.2, 0.25) is 5.91 Å². The molecule has 0 unspecified atom stereocenters. The number of hydrogen-bond acceptors (Lipinski definition) is 4. The lowest BCUT2D eigenvalue weighted by molar-refractivity contribution is -0.118. The molecule has 23 heavy (non-hydrogen) atoms. The number of fused-ring (bicyclic) bond motifs is 1. The second-order valence-corrected chi connectivity index (χ2v) is 7.38. The number of aromatic nitrogens is 1. The fraction of sp³-hybridized carbons (Fsp3) is 0.412. The number of halogens is 1. The molecule has 122 valence electrons. The number of carbonyl (C=O) groups is 1. The lowest BCUT2D eigenvalue weighted by Crippen LogP contribution is -2.27. The highest BCUT2D eigenvalue weighted by Gasteiger charge is 2.51. The molecule has 2 aromatic rings. The maximum absolute atomic E-state index is 12.7. The molecule has 1 aromatic carbocycles. The van der Waals surface area contributed by atoms with Gasteiger partial charge in [0.1, 0.15) is 0 Å². The van der Waals surface area contributed by atoms with Crippen LogP contribution in [-0.4, -0.2) is 16.9 Å². The molecule has 1 fully saturated rings. The Kier molecular flexibility index (Phi) is 4.45. The Balaban J connectivity index is 0.00000156. The summed E-state index contributed by atoms with van der Waals surface area (Å²) < 4.78 is 0. The standard InChI is InChI=1S/C17H19N3OS.ClH/c18-12-6-7-13-14(10-12)22-16(19-13)20-15(21)17(8-9-17)11-4-2-1-3-5-11;/h1-5,12H,6-10,18H2,(H,19,20,21);1H/t12-;/m0./s1. The molecule has 1 heterocycles. The molecule has 0 aliphatic heterocycles. The molecule has 2 aliphatic rings. The largest absolute Gasteiger partial charge is 0.327 e. The zero-order valence-electron chi connectivity index (χ0n) is 12.7. The first-order chi connectivity index (χ1) is 10.7. The topological polar surface area (TPSA) is 68.0 Å². The SMILES string of the molecule is Cl.N[C@H]1CCc2nc(NC(=O)C3(c4ccccc4)CC3)sc2C1. The third-order valence-corrected chi connectivity index (χ3v) is 5.74. The summed E-state index contributed by atoms with van der Waals surface area (Å²) in [6.07, 6.45) is 4.62. The van der Waals surface area contributed by atoms with Gasteiger partial charge in [0.05, 0.1) is 11.1 Å².